The van der Waals surface area contributed by atoms with Crippen LogP contribution < -0.4 is 15.8 Å². The van der Waals surface area contributed by atoms with Gasteiger partial charge in [-0.1, -0.05) is 11.6 Å². The number of fused-ring (bicyclic) bond motifs is 1. The van der Waals surface area contributed by atoms with Crippen LogP contribution in [-0.2, 0) is 17.7 Å². The Balaban J connectivity index is 2.01. The lowest BCUT2D eigenvalue weighted by atomic mass is 10.1. The van der Waals surface area contributed by atoms with Gasteiger partial charge in [-0.3, -0.25) is 0 Å². The van der Waals surface area contributed by atoms with E-state index in [4.69, 9.17) is 26.8 Å². The minimum Gasteiger partial charge on any atom is -0.493 e. The van der Waals surface area contributed by atoms with Crippen LogP contribution in [0.15, 0.2) is 17.1 Å². The number of guanidine groups is 1. The van der Waals surface area contributed by atoms with Crippen LogP contribution >= 0.6 is 11.6 Å². The number of benzene rings is 1. The molecule has 0 radical (unpaired) electrons. The zero-order valence-corrected chi connectivity index (χ0v) is 11.7. The van der Waals surface area contributed by atoms with E-state index in [1.165, 1.54) is 0 Å². The van der Waals surface area contributed by atoms with Gasteiger partial charge in [0.25, 0.3) is 0 Å². The first-order valence-electron chi connectivity index (χ1n) is 6.17. The van der Waals surface area contributed by atoms with Crippen LogP contribution in [0, 0.1) is 0 Å². The summed E-state index contributed by atoms with van der Waals surface area (Å²) in [6, 6.07) is 3.81. The number of hydrogen-bond acceptors (Lipinski definition) is 3. The highest BCUT2D eigenvalue weighted by Crippen LogP contribution is 2.33. The van der Waals surface area contributed by atoms with Crippen molar-refractivity contribution < 1.29 is 9.47 Å². The number of hydrogen-bond donors (Lipinski definition) is 2. The maximum Gasteiger partial charge on any atom is 0.189 e. The van der Waals surface area contributed by atoms with E-state index in [9.17, 15) is 0 Å². The summed E-state index contributed by atoms with van der Waals surface area (Å²) in [4.78, 5) is 4.27. The van der Waals surface area contributed by atoms with Gasteiger partial charge in [0, 0.05) is 30.7 Å². The number of nitrogens with two attached hydrogens (primary N) is 1. The Morgan fingerprint density at radius 2 is 2.42 bits per heavy atom. The third-order valence-electron chi connectivity index (χ3n) is 2.86. The molecule has 0 aliphatic carbocycles. The van der Waals surface area contributed by atoms with Gasteiger partial charge in [0.15, 0.2) is 5.96 Å². The van der Waals surface area contributed by atoms with Crippen molar-refractivity contribution in [2.75, 3.05) is 26.9 Å². The molecule has 0 bridgehead atoms. The molecule has 0 saturated carbocycles. The predicted octanol–water partition coefficient (Wildman–Crippen LogP) is 1.33. The van der Waals surface area contributed by atoms with Crippen molar-refractivity contribution in [1.29, 1.82) is 0 Å². The van der Waals surface area contributed by atoms with Gasteiger partial charge < -0.3 is 20.5 Å². The molecule has 3 N–H and O–H groups in total. The molecule has 1 aliphatic rings. The molecule has 104 valence electrons. The molecule has 0 amide bonds. The highest BCUT2D eigenvalue weighted by molar-refractivity contribution is 6.30. The number of nitrogens with zero attached hydrogens (tertiary/aromatic N) is 1. The van der Waals surface area contributed by atoms with Crippen molar-refractivity contribution in [2.24, 2.45) is 10.7 Å². The highest BCUT2D eigenvalue weighted by Gasteiger charge is 2.17. The molecule has 0 fully saturated rings. The average molecular weight is 284 g/mol. The van der Waals surface area contributed by atoms with E-state index in [2.05, 4.69) is 10.3 Å². The molecule has 1 aromatic carbocycles. The Kier molecular flexibility index (Phi) is 4.87. The van der Waals surface area contributed by atoms with Crippen LogP contribution in [0.25, 0.3) is 0 Å². The summed E-state index contributed by atoms with van der Waals surface area (Å²) in [6.45, 7) is 2.38. The fourth-order valence-corrected chi connectivity index (χ4v) is 2.23. The minimum absolute atomic E-state index is 0.392. The van der Waals surface area contributed by atoms with E-state index in [0.29, 0.717) is 37.3 Å². The smallest absolute Gasteiger partial charge is 0.189 e. The second-order valence-electron chi connectivity index (χ2n) is 4.27. The van der Waals surface area contributed by atoms with Gasteiger partial charge in [-0.25, -0.2) is 4.99 Å². The summed E-state index contributed by atoms with van der Waals surface area (Å²) in [6.07, 6.45) is 0.897. The van der Waals surface area contributed by atoms with Crippen LogP contribution in [0.1, 0.15) is 11.1 Å². The van der Waals surface area contributed by atoms with Gasteiger partial charge >= 0.3 is 0 Å². The van der Waals surface area contributed by atoms with Gasteiger partial charge in [0.1, 0.15) is 5.75 Å². The maximum atomic E-state index is 6.08. The average Bonchev–Trinajstić information content (AvgIpc) is 2.84. The molecule has 1 heterocycles. The molecular formula is C13H18ClN3O2. The van der Waals surface area contributed by atoms with Gasteiger partial charge in [0.05, 0.1) is 19.8 Å². The van der Waals surface area contributed by atoms with Crippen molar-refractivity contribution in [3.05, 3.63) is 28.3 Å². The Morgan fingerprint density at radius 3 is 3.21 bits per heavy atom. The van der Waals surface area contributed by atoms with Crippen molar-refractivity contribution in [3.8, 4) is 5.75 Å². The van der Waals surface area contributed by atoms with E-state index in [1.807, 2.05) is 12.1 Å². The number of ether oxygens (including phenoxy) is 2. The number of methoxy groups -OCH3 is 1. The first-order valence-corrected chi connectivity index (χ1v) is 6.55. The lowest BCUT2D eigenvalue weighted by molar-refractivity contribution is 0.204. The Hall–Kier alpha value is -1.46. The zero-order valence-electron chi connectivity index (χ0n) is 10.9. The quantitative estimate of drug-likeness (QED) is 0.486. The van der Waals surface area contributed by atoms with Crippen LogP contribution in [0.3, 0.4) is 0 Å². The molecule has 0 unspecified atom stereocenters. The van der Waals surface area contributed by atoms with Crippen LogP contribution in [0.4, 0.5) is 0 Å². The molecule has 0 spiro atoms. The molecule has 0 aromatic heterocycles. The largest absolute Gasteiger partial charge is 0.493 e. The first kappa shape index (κ1) is 14.0. The fourth-order valence-electron chi connectivity index (χ4n) is 1.97. The Labute approximate surface area is 117 Å². The van der Waals surface area contributed by atoms with Crippen LogP contribution in [0.5, 0.6) is 5.75 Å². The standard InChI is InChI=1S/C13H18ClN3O2/c1-18-5-3-16-13(15)17-8-10-7-11(14)6-9-2-4-19-12(9)10/h6-7H,2-5,8H2,1H3,(H3,15,16,17). The SMILES string of the molecule is COCCNC(N)=NCc1cc(Cl)cc2c1OCC2. The predicted molar refractivity (Wildman–Crippen MR) is 75.9 cm³/mol. The summed E-state index contributed by atoms with van der Waals surface area (Å²) in [5.41, 5.74) is 7.87. The molecule has 0 saturated heterocycles. The second kappa shape index (κ2) is 6.63. The zero-order chi connectivity index (χ0) is 13.7. The van der Waals surface area contributed by atoms with E-state index < -0.39 is 0 Å². The van der Waals surface area contributed by atoms with Gasteiger partial charge in [-0.15, -0.1) is 0 Å². The summed E-state index contributed by atoms with van der Waals surface area (Å²) in [5.74, 6) is 1.29. The number of rotatable bonds is 5. The topological polar surface area (TPSA) is 68.9 Å². The third kappa shape index (κ3) is 3.75. The maximum absolute atomic E-state index is 6.08. The molecule has 0 atom stereocenters. The number of halogens is 1. The molecular weight excluding hydrogens is 266 g/mol. The first-order chi connectivity index (χ1) is 9.20. The summed E-state index contributed by atoms with van der Waals surface area (Å²) >= 11 is 6.08. The van der Waals surface area contributed by atoms with E-state index in [-0.39, 0.29) is 0 Å². The summed E-state index contributed by atoms with van der Waals surface area (Å²) in [7, 11) is 1.64. The molecule has 2 rings (SSSR count). The molecule has 6 heteroatoms. The highest BCUT2D eigenvalue weighted by atomic mass is 35.5. The molecule has 1 aromatic rings. The third-order valence-corrected chi connectivity index (χ3v) is 3.08. The van der Waals surface area contributed by atoms with Crippen LogP contribution in [-0.4, -0.2) is 32.8 Å². The lowest BCUT2D eigenvalue weighted by Crippen LogP contribution is -2.34. The van der Waals surface area contributed by atoms with Crippen molar-refractivity contribution in [3.63, 3.8) is 0 Å². The molecule has 1 aliphatic heterocycles. The van der Waals surface area contributed by atoms with Crippen molar-refractivity contribution in [1.82, 2.24) is 5.32 Å². The van der Waals surface area contributed by atoms with E-state index in [1.54, 1.807) is 7.11 Å². The fraction of sp³-hybridized carbons (Fsp3) is 0.462. The summed E-state index contributed by atoms with van der Waals surface area (Å²) < 4.78 is 10.5. The van der Waals surface area contributed by atoms with Gasteiger partial charge in [-0.2, -0.15) is 0 Å². The molecule has 5 nitrogen and oxygen atoms in total. The second-order valence-corrected chi connectivity index (χ2v) is 4.71. The lowest BCUT2D eigenvalue weighted by Gasteiger charge is -2.08. The van der Waals surface area contributed by atoms with Gasteiger partial charge in [0.2, 0.25) is 0 Å². The number of nitrogens with one attached hydrogen (secondary N) is 1. The van der Waals surface area contributed by atoms with E-state index >= 15 is 0 Å². The van der Waals surface area contributed by atoms with E-state index in [0.717, 1.165) is 23.3 Å². The minimum atomic E-state index is 0.392. The van der Waals surface area contributed by atoms with Crippen molar-refractivity contribution in [2.45, 2.75) is 13.0 Å². The summed E-state index contributed by atoms with van der Waals surface area (Å²) in [5, 5.41) is 3.67. The molecule has 19 heavy (non-hydrogen) atoms. The van der Waals surface area contributed by atoms with Crippen molar-refractivity contribution >= 4 is 17.6 Å². The Bertz CT molecular complexity index is 477. The Morgan fingerprint density at radius 1 is 1.58 bits per heavy atom. The number of aliphatic imine (C=N–C) groups is 1. The van der Waals surface area contributed by atoms with Crippen LogP contribution in [0.2, 0.25) is 5.02 Å². The normalized spacial score (nSPS) is 14.1. The van der Waals surface area contributed by atoms with Gasteiger partial charge in [-0.05, 0) is 17.7 Å². The monoisotopic (exact) mass is 283 g/mol.